The van der Waals surface area contributed by atoms with Gasteiger partial charge in [-0.1, -0.05) is 67.2 Å². The molecular weight excluding hydrogens is 461 g/mol. The maximum Gasteiger partial charge on any atom is 0 e. The Balaban J connectivity index is -0.000000349. The van der Waals surface area contributed by atoms with Crippen LogP contribution in [0.2, 0.25) is 0 Å². The third-order valence-electron chi connectivity index (χ3n) is 5.11. The summed E-state index contributed by atoms with van der Waals surface area (Å²) in [5.41, 5.74) is 0. The van der Waals surface area contributed by atoms with E-state index in [1.54, 1.807) is 24.6 Å². The van der Waals surface area contributed by atoms with Crippen LogP contribution in [0, 0.1) is 13.3 Å². The molecule has 2 aliphatic rings. The molecule has 0 amide bonds. The molecule has 0 unspecified atom stereocenters. The van der Waals surface area contributed by atoms with E-state index in [0.29, 0.717) is 26.2 Å². The smallest absolute Gasteiger partial charge is 0 e. The maximum atomic E-state index is 7.50. The summed E-state index contributed by atoms with van der Waals surface area (Å²) in [5, 5.41) is 1.25. The average Bonchev–Trinajstić information content (AvgIpc) is 3.03. The van der Waals surface area contributed by atoms with Crippen molar-refractivity contribution < 1.29 is 28.8 Å². The minimum absolute atomic E-state index is 0. The van der Waals surface area contributed by atoms with Crippen LogP contribution in [0.3, 0.4) is 0 Å². The first-order valence-electron chi connectivity index (χ1n) is 10.1. The molecule has 0 aromatic carbocycles. The van der Waals surface area contributed by atoms with E-state index >= 15 is 0 Å². The first kappa shape index (κ1) is 32.6. The molecule has 2 fully saturated rings. The van der Waals surface area contributed by atoms with E-state index in [-0.39, 0.29) is 19.5 Å². The summed E-state index contributed by atoms with van der Waals surface area (Å²) in [7, 11) is 0.721. The molecule has 2 rings (SSSR count). The van der Waals surface area contributed by atoms with Crippen molar-refractivity contribution in [2.45, 2.75) is 103 Å². The SMILES string of the molecule is CC(C)(C)P1CCCCCC1.CC(C)(C)P1CCCCCC1.[C-]#[O+].[C-]#[O+].[Rh]. The summed E-state index contributed by atoms with van der Waals surface area (Å²) in [6.07, 6.45) is 18.2. The number of hydrogen-bond donors (Lipinski definition) is 0. The normalized spacial score (nSPS) is 19.0. The molecule has 161 valence electrons. The molecule has 0 aliphatic carbocycles. The van der Waals surface area contributed by atoms with Gasteiger partial charge in [0.05, 0.1) is 0 Å². The van der Waals surface area contributed by atoms with Crippen molar-refractivity contribution in [1.82, 2.24) is 0 Å². The van der Waals surface area contributed by atoms with Crippen LogP contribution in [0.1, 0.15) is 92.9 Å². The molecule has 2 nitrogen and oxygen atoms in total. The van der Waals surface area contributed by atoms with Gasteiger partial charge in [-0.3, -0.25) is 0 Å². The molecule has 5 heteroatoms. The first-order valence-corrected chi connectivity index (χ1v) is 13.5. The Hall–Kier alpha value is 0.963. The zero-order chi connectivity index (χ0) is 20.6. The van der Waals surface area contributed by atoms with Gasteiger partial charge in [0.1, 0.15) is 0 Å². The minimum atomic E-state index is 0. The van der Waals surface area contributed by atoms with E-state index in [2.05, 4.69) is 54.8 Å². The summed E-state index contributed by atoms with van der Waals surface area (Å²) in [5.74, 6) is 0. The monoisotopic (exact) mass is 503 g/mol. The van der Waals surface area contributed by atoms with E-state index in [4.69, 9.17) is 9.30 Å². The van der Waals surface area contributed by atoms with Gasteiger partial charge in [0.25, 0.3) is 0 Å². The van der Waals surface area contributed by atoms with Gasteiger partial charge in [0, 0.05) is 19.5 Å². The summed E-state index contributed by atoms with van der Waals surface area (Å²) in [6.45, 7) is 23.5. The molecule has 2 heterocycles. The predicted octanol–water partition coefficient (Wildman–Crippen LogP) is 7.60. The van der Waals surface area contributed by atoms with Gasteiger partial charge in [0.2, 0.25) is 0 Å². The summed E-state index contributed by atoms with van der Waals surface area (Å²) < 4.78 is 15.0. The van der Waals surface area contributed by atoms with Crippen molar-refractivity contribution in [2.75, 3.05) is 24.6 Å². The Morgan fingerprint density at radius 1 is 0.481 bits per heavy atom. The fourth-order valence-electron chi connectivity index (χ4n) is 3.48. The minimum Gasteiger partial charge on any atom is 0 e. The van der Waals surface area contributed by atoms with E-state index in [1.807, 2.05) is 0 Å². The molecule has 1 radical (unpaired) electrons. The van der Waals surface area contributed by atoms with Gasteiger partial charge in [-0.15, -0.1) is 15.8 Å². The number of rotatable bonds is 0. The summed E-state index contributed by atoms with van der Waals surface area (Å²) in [4.78, 5) is 0. The third-order valence-corrected chi connectivity index (χ3v) is 12.3. The van der Waals surface area contributed by atoms with Crippen molar-refractivity contribution in [3.8, 4) is 0 Å². The van der Waals surface area contributed by atoms with Gasteiger partial charge in [-0.25, -0.2) is 0 Å². The maximum absolute atomic E-state index is 7.50. The quantitative estimate of drug-likeness (QED) is 0.141. The fraction of sp³-hybridized carbons (Fsp3) is 0.909. The van der Waals surface area contributed by atoms with Gasteiger partial charge in [0.15, 0.2) is 0 Å². The largest absolute Gasteiger partial charge is 0 e. The van der Waals surface area contributed by atoms with Gasteiger partial charge < -0.3 is 0 Å². The van der Waals surface area contributed by atoms with Crippen LogP contribution in [0.15, 0.2) is 0 Å². The third kappa shape index (κ3) is 17.5. The molecule has 0 atom stereocenters. The van der Waals surface area contributed by atoms with Crippen molar-refractivity contribution in [1.29, 1.82) is 0 Å². The Morgan fingerprint density at radius 3 is 0.815 bits per heavy atom. The molecular formula is C22H42O2P2Rh. The van der Waals surface area contributed by atoms with Crippen LogP contribution >= 0.6 is 15.8 Å². The second-order valence-electron chi connectivity index (χ2n) is 9.14. The Labute approximate surface area is 185 Å². The van der Waals surface area contributed by atoms with Gasteiger partial charge in [-0.05, 0) is 60.6 Å². The summed E-state index contributed by atoms with van der Waals surface area (Å²) >= 11 is 0. The second kappa shape index (κ2) is 19.0. The molecule has 0 spiro atoms. The van der Waals surface area contributed by atoms with Crippen LogP contribution in [0.4, 0.5) is 0 Å². The molecule has 0 aromatic rings. The molecule has 0 bridgehead atoms. The van der Waals surface area contributed by atoms with Crippen molar-refractivity contribution in [3.05, 3.63) is 13.3 Å². The Kier molecular flexibility index (Phi) is 22.9. The summed E-state index contributed by atoms with van der Waals surface area (Å²) in [6, 6.07) is 0. The van der Waals surface area contributed by atoms with Crippen LogP contribution < -0.4 is 0 Å². The Morgan fingerprint density at radius 2 is 0.667 bits per heavy atom. The molecule has 0 saturated carbocycles. The van der Waals surface area contributed by atoms with Crippen LogP contribution in [0.5, 0.6) is 0 Å². The zero-order valence-electron chi connectivity index (χ0n) is 18.5. The predicted molar refractivity (Wildman–Crippen MR) is 118 cm³/mol. The van der Waals surface area contributed by atoms with Crippen molar-refractivity contribution in [2.24, 2.45) is 0 Å². The molecule has 27 heavy (non-hydrogen) atoms. The van der Waals surface area contributed by atoms with E-state index in [1.165, 1.54) is 51.4 Å². The van der Waals surface area contributed by atoms with Gasteiger partial charge in [-0.2, -0.15) is 0 Å². The van der Waals surface area contributed by atoms with Crippen LogP contribution in [0.25, 0.3) is 0 Å². The van der Waals surface area contributed by atoms with Gasteiger partial charge >= 0.3 is 22.6 Å². The second-order valence-corrected chi connectivity index (χ2v) is 15.8. The molecule has 2 aliphatic heterocycles. The zero-order valence-corrected chi connectivity index (χ0v) is 22.0. The van der Waals surface area contributed by atoms with Crippen LogP contribution in [-0.2, 0) is 28.8 Å². The van der Waals surface area contributed by atoms with E-state index in [0.717, 1.165) is 0 Å². The van der Waals surface area contributed by atoms with E-state index < -0.39 is 0 Å². The molecule has 2 saturated heterocycles. The fourth-order valence-corrected chi connectivity index (χ4v) is 9.03. The van der Waals surface area contributed by atoms with Crippen molar-refractivity contribution >= 4 is 15.8 Å². The molecule has 0 aromatic heterocycles. The van der Waals surface area contributed by atoms with Crippen molar-refractivity contribution in [3.63, 3.8) is 0 Å². The Bertz CT molecular complexity index is 318. The first-order chi connectivity index (χ1) is 12.2. The topological polar surface area (TPSA) is 39.8 Å². The molecule has 0 N–H and O–H groups in total. The standard InChI is InChI=1S/2C10H21P.2CO.Rh/c2*1-10(2,3)11-8-6-4-5-7-9-11;2*1-2;/h2*4-9H2,1-3H3;;;. The van der Waals surface area contributed by atoms with Crippen LogP contribution in [-0.4, -0.2) is 35.0 Å². The average molecular weight is 503 g/mol. The van der Waals surface area contributed by atoms with E-state index in [9.17, 15) is 0 Å². The number of hydrogen-bond acceptors (Lipinski definition) is 0.